The van der Waals surface area contributed by atoms with E-state index in [0.717, 1.165) is 32.8 Å². The molecule has 1 aliphatic heterocycles. The van der Waals surface area contributed by atoms with Crippen molar-refractivity contribution in [3.63, 3.8) is 0 Å². The van der Waals surface area contributed by atoms with E-state index in [1.165, 1.54) is 38.5 Å². The normalized spacial score (nSPS) is 21.2. The van der Waals surface area contributed by atoms with Crippen LogP contribution in [0.25, 0.3) is 0 Å². The Labute approximate surface area is 100 Å². The van der Waals surface area contributed by atoms with Gasteiger partial charge in [0.25, 0.3) is 0 Å². The van der Waals surface area contributed by atoms with Gasteiger partial charge in [-0.2, -0.15) is 0 Å². The van der Waals surface area contributed by atoms with Gasteiger partial charge in [0.05, 0.1) is 6.10 Å². The molecule has 1 unspecified atom stereocenters. The lowest BCUT2D eigenvalue weighted by molar-refractivity contribution is 0.0102. The lowest BCUT2D eigenvalue weighted by atomic mass is 10.0. The van der Waals surface area contributed by atoms with Crippen LogP contribution < -0.4 is 10.6 Å². The Bertz CT molecular complexity index is 147. The van der Waals surface area contributed by atoms with Crippen LogP contribution in [-0.4, -0.2) is 38.9 Å². The van der Waals surface area contributed by atoms with Gasteiger partial charge in [0.1, 0.15) is 0 Å². The molecule has 0 aliphatic carbocycles. The lowest BCUT2D eigenvalue weighted by Gasteiger charge is -2.22. The molecule has 1 fully saturated rings. The molecule has 1 rings (SSSR count). The maximum atomic E-state index is 5.70. The largest absolute Gasteiger partial charge is 0.378 e. The van der Waals surface area contributed by atoms with Gasteiger partial charge in [0.2, 0.25) is 0 Å². The standard InChI is InChI=1S/C13H28N2O/c1-2-8-14-10-11-15-9-5-7-13-6-3-4-12-16-13/h13-15H,2-12H2,1H3. The summed E-state index contributed by atoms with van der Waals surface area (Å²) in [6.07, 6.45) is 8.15. The number of rotatable bonds is 9. The summed E-state index contributed by atoms with van der Waals surface area (Å²) in [5.41, 5.74) is 0. The van der Waals surface area contributed by atoms with Crippen molar-refractivity contribution in [3.05, 3.63) is 0 Å². The Balaban J connectivity index is 1.77. The van der Waals surface area contributed by atoms with Gasteiger partial charge in [0.15, 0.2) is 0 Å². The monoisotopic (exact) mass is 228 g/mol. The van der Waals surface area contributed by atoms with Crippen LogP contribution in [0.2, 0.25) is 0 Å². The lowest BCUT2D eigenvalue weighted by Crippen LogP contribution is -2.29. The molecular weight excluding hydrogens is 200 g/mol. The van der Waals surface area contributed by atoms with Crippen LogP contribution in [0.3, 0.4) is 0 Å². The predicted molar refractivity (Wildman–Crippen MR) is 68.9 cm³/mol. The first-order chi connectivity index (χ1) is 7.93. The fraction of sp³-hybridized carbons (Fsp3) is 1.00. The Kier molecular flexibility index (Phi) is 8.77. The van der Waals surface area contributed by atoms with Crippen LogP contribution in [-0.2, 0) is 4.74 Å². The van der Waals surface area contributed by atoms with E-state index in [-0.39, 0.29) is 0 Å². The van der Waals surface area contributed by atoms with E-state index in [0.29, 0.717) is 6.10 Å². The van der Waals surface area contributed by atoms with Crippen molar-refractivity contribution < 1.29 is 4.74 Å². The Morgan fingerprint density at radius 1 is 1.06 bits per heavy atom. The van der Waals surface area contributed by atoms with E-state index in [2.05, 4.69) is 17.6 Å². The van der Waals surface area contributed by atoms with Crippen LogP contribution in [0.4, 0.5) is 0 Å². The van der Waals surface area contributed by atoms with Gasteiger partial charge in [-0.3, -0.25) is 0 Å². The van der Waals surface area contributed by atoms with Crippen molar-refractivity contribution in [1.82, 2.24) is 10.6 Å². The van der Waals surface area contributed by atoms with Gasteiger partial charge in [0, 0.05) is 19.7 Å². The third-order valence-electron chi connectivity index (χ3n) is 3.06. The summed E-state index contributed by atoms with van der Waals surface area (Å²) >= 11 is 0. The summed E-state index contributed by atoms with van der Waals surface area (Å²) in [7, 11) is 0. The van der Waals surface area contributed by atoms with E-state index in [1.54, 1.807) is 0 Å². The van der Waals surface area contributed by atoms with E-state index in [1.807, 2.05) is 0 Å². The topological polar surface area (TPSA) is 33.3 Å². The Morgan fingerprint density at radius 3 is 2.56 bits per heavy atom. The molecule has 2 N–H and O–H groups in total. The molecular formula is C13H28N2O. The van der Waals surface area contributed by atoms with E-state index in [9.17, 15) is 0 Å². The Hall–Kier alpha value is -0.120. The number of nitrogens with one attached hydrogen (secondary N) is 2. The molecule has 3 nitrogen and oxygen atoms in total. The molecule has 0 amide bonds. The highest BCUT2D eigenvalue weighted by molar-refractivity contribution is 4.64. The van der Waals surface area contributed by atoms with E-state index >= 15 is 0 Å². The molecule has 0 spiro atoms. The zero-order valence-corrected chi connectivity index (χ0v) is 10.8. The number of hydrogen-bond acceptors (Lipinski definition) is 3. The quantitative estimate of drug-likeness (QED) is 0.592. The van der Waals surface area contributed by atoms with Gasteiger partial charge in [-0.1, -0.05) is 6.92 Å². The minimum Gasteiger partial charge on any atom is -0.378 e. The van der Waals surface area contributed by atoms with Crippen molar-refractivity contribution >= 4 is 0 Å². The van der Waals surface area contributed by atoms with Gasteiger partial charge < -0.3 is 15.4 Å². The molecule has 16 heavy (non-hydrogen) atoms. The summed E-state index contributed by atoms with van der Waals surface area (Å²) in [5, 5.41) is 6.85. The first kappa shape index (κ1) is 13.9. The highest BCUT2D eigenvalue weighted by Gasteiger charge is 2.12. The van der Waals surface area contributed by atoms with Crippen LogP contribution in [0.1, 0.15) is 45.4 Å². The number of ether oxygens (including phenoxy) is 1. The van der Waals surface area contributed by atoms with Crippen molar-refractivity contribution in [2.75, 3.05) is 32.8 Å². The second-order valence-corrected chi connectivity index (χ2v) is 4.63. The summed E-state index contributed by atoms with van der Waals surface area (Å²) < 4.78 is 5.70. The van der Waals surface area contributed by atoms with Gasteiger partial charge in [-0.05, 0) is 51.6 Å². The SMILES string of the molecule is CCCNCCNCCCC1CCCCO1. The molecule has 0 aromatic rings. The van der Waals surface area contributed by atoms with Gasteiger partial charge >= 0.3 is 0 Å². The second kappa shape index (κ2) is 10.1. The number of hydrogen-bond donors (Lipinski definition) is 2. The summed E-state index contributed by atoms with van der Waals surface area (Å²) in [6.45, 7) is 7.63. The van der Waals surface area contributed by atoms with Gasteiger partial charge in [-0.15, -0.1) is 0 Å². The summed E-state index contributed by atoms with van der Waals surface area (Å²) in [4.78, 5) is 0. The molecule has 1 saturated heterocycles. The minimum atomic E-state index is 0.550. The summed E-state index contributed by atoms with van der Waals surface area (Å²) in [6, 6.07) is 0. The molecule has 1 aliphatic rings. The highest BCUT2D eigenvalue weighted by atomic mass is 16.5. The Morgan fingerprint density at radius 2 is 1.88 bits per heavy atom. The molecule has 1 heterocycles. The average molecular weight is 228 g/mol. The maximum Gasteiger partial charge on any atom is 0.0575 e. The molecule has 1 atom stereocenters. The molecule has 0 aromatic carbocycles. The van der Waals surface area contributed by atoms with Gasteiger partial charge in [-0.25, -0.2) is 0 Å². The van der Waals surface area contributed by atoms with Crippen LogP contribution in [0.15, 0.2) is 0 Å². The molecule has 0 aromatic heterocycles. The average Bonchev–Trinajstić information content (AvgIpc) is 2.34. The molecule has 0 saturated carbocycles. The maximum absolute atomic E-state index is 5.70. The van der Waals surface area contributed by atoms with E-state index < -0.39 is 0 Å². The predicted octanol–water partition coefficient (Wildman–Crippen LogP) is 1.92. The second-order valence-electron chi connectivity index (χ2n) is 4.63. The van der Waals surface area contributed by atoms with Crippen LogP contribution in [0, 0.1) is 0 Å². The smallest absolute Gasteiger partial charge is 0.0575 e. The van der Waals surface area contributed by atoms with E-state index in [4.69, 9.17) is 4.74 Å². The molecule has 3 heteroatoms. The van der Waals surface area contributed by atoms with Crippen molar-refractivity contribution in [1.29, 1.82) is 0 Å². The molecule has 0 bridgehead atoms. The van der Waals surface area contributed by atoms with Crippen molar-refractivity contribution in [2.45, 2.75) is 51.6 Å². The fourth-order valence-electron chi connectivity index (χ4n) is 2.09. The first-order valence-electron chi connectivity index (χ1n) is 6.96. The summed E-state index contributed by atoms with van der Waals surface area (Å²) in [5.74, 6) is 0. The zero-order valence-electron chi connectivity index (χ0n) is 10.8. The third-order valence-corrected chi connectivity index (χ3v) is 3.06. The van der Waals surface area contributed by atoms with Crippen LogP contribution in [0.5, 0.6) is 0 Å². The van der Waals surface area contributed by atoms with Crippen LogP contribution >= 0.6 is 0 Å². The molecule has 96 valence electrons. The minimum absolute atomic E-state index is 0.550. The zero-order chi connectivity index (χ0) is 11.5. The first-order valence-corrected chi connectivity index (χ1v) is 6.96. The van der Waals surface area contributed by atoms with Crippen molar-refractivity contribution in [3.8, 4) is 0 Å². The van der Waals surface area contributed by atoms with Crippen molar-refractivity contribution in [2.24, 2.45) is 0 Å². The third kappa shape index (κ3) is 7.20. The highest BCUT2D eigenvalue weighted by Crippen LogP contribution is 2.16. The molecule has 0 radical (unpaired) electrons. The fourth-order valence-corrected chi connectivity index (χ4v) is 2.09.